The van der Waals surface area contributed by atoms with Crippen molar-refractivity contribution in [2.24, 2.45) is 5.84 Å². The summed E-state index contributed by atoms with van der Waals surface area (Å²) in [6.45, 7) is 0. The Morgan fingerprint density at radius 2 is 1.60 bits per heavy atom. The van der Waals surface area contributed by atoms with Gasteiger partial charge in [0.05, 0.1) is 22.5 Å². The lowest BCUT2D eigenvalue weighted by Gasteiger charge is -2.22. The number of H-pyrrole nitrogens is 1. The molecule has 5 nitrogen and oxygen atoms in total. The number of aromatic carboxylic acids is 1. The van der Waals surface area contributed by atoms with E-state index in [4.69, 9.17) is 5.84 Å². The number of nitrogens with zero attached hydrogens (tertiary/aromatic N) is 1. The number of nitrogens with two attached hydrogens (primary N) is 1. The molecule has 30 heavy (non-hydrogen) atoms. The second-order valence-corrected chi connectivity index (χ2v) is 7.83. The Balaban J connectivity index is 2.30. The molecule has 0 saturated carbocycles. The second-order valence-electron chi connectivity index (χ2n) is 6.06. The van der Waals surface area contributed by atoms with Crippen LogP contribution in [-0.4, -0.2) is 16.1 Å². The van der Waals surface area contributed by atoms with Gasteiger partial charge in [-0.05, 0) is 30.3 Å². The predicted octanol–water partition coefficient (Wildman–Crippen LogP) is 6.44. The summed E-state index contributed by atoms with van der Waals surface area (Å²) in [7, 11) is 0. The van der Waals surface area contributed by atoms with E-state index in [1.54, 1.807) is 0 Å². The average molecular weight is 561 g/mol. The SMILES string of the molecule is NN(c1ccc(C(F)(F)F)c(Br)c1)c1c(C(=O)O)[nH]c2cc(Br)cc(C(F)(F)F)c12. The molecule has 0 aliphatic rings. The topological polar surface area (TPSA) is 82.3 Å². The summed E-state index contributed by atoms with van der Waals surface area (Å²) >= 11 is 5.69. The minimum absolute atomic E-state index is 0.0351. The number of aromatic nitrogens is 1. The van der Waals surface area contributed by atoms with Crippen molar-refractivity contribution in [1.82, 2.24) is 4.98 Å². The first kappa shape index (κ1) is 22.4. The molecule has 0 unspecified atom stereocenters. The van der Waals surface area contributed by atoms with Crippen LogP contribution in [-0.2, 0) is 12.4 Å². The summed E-state index contributed by atoms with van der Waals surface area (Å²) in [6.07, 6.45) is -9.55. The fraction of sp³-hybridized carbons (Fsp3) is 0.118. The van der Waals surface area contributed by atoms with E-state index in [1.165, 1.54) is 6.07 Å². The molecule has 160 valence electrons. The van der Waals surface area contributed by atoms with Crippen molar-refractivity contribution in [3.63, 3.8) is 0 Å². The van der Waals surface area contributed by atoms with Crippen LogP contribution in [0, 0.1) is 0 Å². The third-order valence-electron chi connectivity index (χ3n) is 4.13. The summed E-state index contributed by atoms with van der Waals surface area (Å²) in [5, 5.41) is 9.52. The Bertz CT molecular complexity index is 1160. The maximum atomic E-state index is 13.6. The number of hydrogen-bond acceptors (Lipinski definition) is 3. The molecular weight excluding hydrogens is 552 g/mol. The summed E-state index contributed by atoms with van der Waals surface area (Å²) in [5.74, 6) is 4.31. The number of carbonyl (C=O) groups is 1. The number of nitrogens with one attached hydrogen (secondary N) is 1. The zero-order valence-electron chi connectivity index (χ0n) is 14.3. The van der Waals surface area contributed by atoms with Gasteiger partial charge in [0.2, 0.25) is 0 Å². The van der Waals surface area contributed by atoms with Crippen LogP contribution in [0.15, 0.2) is 39.3 Å². The van der Waals surface area contributed by atoms with Crippen molar-refractivity contribution >= 4 is 60.1 Å². The van der Waals surface area contributed by atoms with Crippen LogP contribution in [0.1, 0.15) is 21.6 Å². The maximum Gasteiger partial charge on any atom is 0.417 e. The number of hydrogen-bond donors (Lipinski definition) is 3. The lowest BCUT2D eigenvalue weighted by atomic mass is 10.1. The predicted molar refractivity (Wildman–Crippen MR) is 103 cm³/mol. The first-order chi connectivity index (χ1) is 13.7. The number of benzene rings is 2. The fourth-order valence-corrected chi connectivity index (χ4v) is 3.96. The van der Waals surface area contributed by atoms with Gasteiger partial charge in [-0.15, -0.1) is 0 Å². The van der Waals surface area contributed by atoms with Crippen LogP contribution in [0.25, 0.3) is 10.9 Å². The number of carboxylic acids is 1. The number of carboxylic acid groups (broad SMARTS) is 1. The Labute approximate surface area is 180 Å². The summed E-state index contributed by atoms with van der Waals surface area (Å²) in [6, 6.07) is 4.51. The van der Waals surface area contributed by atoms with E-state index in [9.17, 15) is 36.2 Å². The molecule has 1 aromatic heterocycles. The normalized spacial score (nSPS) is 12.4. The molecular formula is C17H9Br2F6N3O2. The van der Waals surface area contributed by atoms with Crippen LogP contribution in [0.2, 0.25) is 0 Å². The van der Waals surface area contributed by atoms with Crippen molar-refractivity contribution in [2.45, 2.75) is 12.4 Å². The van der Waals surface area contributed by atoms with Crippen LogP contribution in [0.4, 0.5) is 37.7 Å². The minimum Gasteiger partial charge on any atom is -0.477 e. The van der Waals surface area contributed by atoms with E-state index in [-0.39, 0.29) is 15.7 Å². The third kappa shape index (κ3) is 4.01. The van der Waals surface area contributed by atoms with Crippen molar-refractivity contribution in [3.05, 3.63) is 56.1 Å². The minimum atomic E-state index is -4.86. The molecule has 0 aliphatic heterocycles. The Hall–Kier alpha value is -2.25. The van der Waals surface area contributed by atoms with Crippen molar-refractivity contribution < 1.29 is 36.2 Å². The van der Waals surface area contributed by atoms with E-state index in [2.05, 4.69) is 36.8 Å². The Kier molecular flexibility index (Phi) is 5.58. The van der Waals surface area contributed by atoms with Gasteiger partial charge in [0.15, 0.2) is 5.69 Å². The van der Waals surface area contributed by atoms with E-state index in [1.807, 2.05) is 0 Å². The maximum absolute atomic E-state index is 13.6. The smallest absolute Gasteiger partial charge is 0.417 e. The number of halogens is 8. The molecule has 3 aromatic rings. The molecule has 0 saturated heterocycles. The first-order valence-corrected chi connectivity index (χ1v) is 9.37. The van der Waals surface area contributed by atoms with Crippen molar-refractivity contribution in [2.75, 3.05) is 5.01 Å². The number of alkyl halides is 6. The van der Waals surface area contributed by atoms with Gasteiger partial charge in [0, 0.05) is 19.8 Å². The number of aromatic amines is 1. The zero-order valence-corrected chi connectivity index (χ0v) is 17.5. The van der Waals surface area contributed by atoms with Gasteiger partial charge in [0.1, 0.15) is 0 Å². The molecule has 4 N–H and O–H groups in total. The molecule has 2 aromatic carbocycles. The van der Waals surface area contributed by atoms with Gasteiger partial charge in [-0.2, -0.15) is 26.3 Å². The molecule has 0 aliphatic carbocycles. The fourth-order valence-electron chi connectivity index (χ4n) is 2.91. The Morgan fingerprint density at radius 3 is 2.10 bits per heavy atom. The van der Waals surface area contributed by atoms with Gasteiger partial charge in [-0.25, -0.2) is 10.6 Å². The number of anilines is 2. The van der Waals surface area contributed by atoms with Crippen LogP contribution < -0.4 is 10.9 Å². The standard InChI is InChI=1S/C17H9Br2F6N3O2/c18-6-3-9(17(23,24)25)12-11(4-6)27-13(15(29)30)14(12)28(26)7-1-2-8(10(19)5-7)16(20,21)22/h1-5,27H,26H2,(H,29,30). The van der Waals surface area contributed by atoms with Gasteiger partial charge >= 0.3 is 18.3 Å². The van der Waals surface area contributed by atoms with Crippen molar-refractivity contribution in [3.8, 4) is 0 Å². The highest BCUT2D eigenvalue weighted by atomic mass is 79.9. The Morgan fingerprint density at radius 1 is 1.00 bits per heavy atom. The van der Waals surface area contributed by atoms with Gasteiger partial charge in [0.25, 0.3) is 0 Å². The monoisotopic (exact) mass is 559 g/mol. The largest absolute Gasteiger partial charge is 0.477 e. The summed E-state index contributed by atoms with van der Waals surface area (Å²) in [5.41, 5.74) is -3.76. The molecule has 0 atom stereocenters. The summed E-state index contributed by atoms with van der Waals surface area (Å²) < 4.78 is 79.4. The number of hydrazine groups is 1. The molecule has 13 heteroatoms. The quantitative estimate of drug-likeness (QED) is 0.196. The molecule has 3 rings (SSSR count). The average Bonchev–Trinajstić information content (AvgIpc) is 2.97. The molecule has 1 heterocycles. The van der Waals surface area contributed by atoms with E-state index in [0.717, 1.165) is 18.2 Å². The highest BCUT2D eigenvalue weighted by molar-refractivity contribution is 9.10. The molecule has 0 bridgehead atoms. The number of rotatable bonds is 3. The van der Waals surface area contributed by atoms with Crippen molar-refractivity contribution in [1.29, 1.82) is 0 Å². The van der Waals surface area contributed by atoms with Crippen LogP contribution in [0.5, 0.6) is 0 Å². The second kappa shape index (κ2) is 7.46. The summed E-state index contributed by atoms with van der Waals surface area (Å²) in [4.78, 5) is 14.0. The van der Waals surface area contributed by atoms with E-state index in [0.29, 0.717) is 11.1 Å². The van der Waals surface area contributed by atoms with Gasteiger partial charge in [-0.3, -0.25) is 5.01 Å². The zero-order chi connectivity index (χ0) is 22.6. The van der Waals surface area contributed by atoms with Crippen LogP contribution >= 0.6 is 31.9 Å². The van der Waals surface area contributed by atoms with E-state index >= 15 is 0 Å². The lowest BCUT2D eigenvalue weighted by Crippen LogP contribution is -2.27. The first-order valence-electron chi connectivity index (χ1n) is 7.79. The third-order valence-corrected chi connectivity index (χ3v) is 5.25. The highest BCUT2D eigenvalue weighted by Crippen LogP contribution is 2.44. The lowest BCUT2D eigenvalue weighted by molar-refractivity contribution is -0.138. The number of fused-ring (bicyclic) bond motifs is 1. The molecule has 0 radical (unpaired) electrons. The molecule has 0 spiro atoms. The van der Waals surface area contributed by atoms with E-state index < -0.39 is 50.7 Å². The van der Waals surface area contributed by atoms with Crippen LogP contribution in [0.3, 0.4) is 0 Å². The van der Waals surface area contributed by atoms with Gasteiger partial charge in [-0.1, -0.05) is 31.9 Å². The highest BCUT2D eigenvalue weighted by Gasteiger charge is 2.37. The molecule has 0 amide bonds. The molecule has 0 fully saturated rings. The van der Waals surface area contributed by atoms with Gasteiger partial charge < -0.3 is 10.1 Å².